The molecule has 0 atom stereocenters. The van der Waals surface area contributed by atoms with Gasteiger partial charge in [-0.25, -0.2) is 0 Å². The Bertz CT molecular complexity index is 210. The molecule has 5 nitrogen and oxygen atoms in total. The van der Waals surface area contributed by atoms with Crippen molar-refractivity contribution in [2.75, 3.05) is 13.2 Å². The highest BCUT2D eigenvalue weighted by atomic mass is 16.5. The predicted octanol–water partition coefficient (Wildman–Crippen LogP) is -0.457. The van der Waals surface area contributed by atoms with Gasteiger partial charge in [-0.15, -0.1) is 5.10 Å². The van der Waals surface area contributed by atoms with E-state index < -0.39 is 0 Å². The Labute approximate surface area is 65.2 Å². The summed E-state index contributed by atoms with van der Waals surface area (Å²) in [4.78, 5) is 3.88. The first kappa shape index (κ1) is 8.00. The van der Waals surface area contributed by atoms with Crippen LogP contribution in [0.15, 0.2) is 6.33 Å². The lowest BCUT2D eigenvalue weighted by atomic mass is 10.5. The van der Waals surface area contributed by atoms with Crippen molar-refractivity contribution in [1.82, 2.24) is 14.8 Å². The fourth-order valence-electron chi connectivity index (χ4n) is 0.632. The molecule has 1 rings (SSSR count). The van der Waals surface area contributed by atoms with Gasteiger partial charge >= 0.3 is 6.01 Å². The fourth-order valence-corrected chi connectivity index (χ4v) is 0.632. The summed E-state index contributed by atoms with van der Waals surface area (Å²) in [6.45, 7) is 1.22. The molecule has 1 aromatic heterocycles. The van der Waals surface area contributed by atoms with Crippen LogP contribution in [0.25, 0.3) is 0 Å². The fraction of sp³-hybridized carbons (Fsp3) is 0.667. The van der Waals surface area contributed by atoms with Crippen LogP contribution >= 0.6 is 0 Å². The van der Waals surface area contributed by atoms with Crippen LogP contribution in [-0.4, -0.2) is 27.9 Å². The number of hydrogen-bond donors (Lipinski definition) is 1. The molecule has 0 amide bonds. The molecule has 5 heteroatoms. The lowest BCUT2D eigenvalue weighted by Crippen LogP contribution is -2.06. The minimum absolute atomic E-state index is 0.418. The normalized spacial score (nSPS) is 10.0. The van der Waals surface area contributed by atoms with Crippen molar-refractivity contribution in [3.05, 3.63) is 6.33 Å². The van der Waals surface area contributed by atoms with Gasteiger partial charge in [0, 0.05) is 7.05 Å². The standard InChI is InChI=1S/C6H12N4O/c1-10-5-8-6(9-10)11-4-2-3-7/h5H,2-4,7H2,1H3. The molecule has 62 valence electrons. The van der Waals surface area contributed by atoms with Crippen LogP contribution in [-0.2, 0) is 7.05 Å². The van der Waals surface area contributed by atoms with E-state index in [1.807, 2.05) is 0 Å². The van der Waals surface area contributed by atoms with Crippen molar-refractivity contribution < 1.29 is 4.74 Å². The van der Waals surface area contributed by atoms with E-state index in [0.29, 0.717) is 19.2 Å². The number of nitrogens with two attached hydrogens (primary N) is 1. The Kier molecular flexibility index (Phi) is 2.85. The summed E-state index contributed by atoms with van der Waals surface area (Å²) in [5, 5.41) is 3.93. The lowest BCUT2D eigenvalue weighted by molar-refractivity contribution is 0.288. The average molecular weight is 156 g/mol. The van der Waals surface area contributed by atoms with Gasteiger partial charge in [-0.05, 0) is 13.0 Å². The Balaban J connectivity index is 2.27. The molecular weight excluding hydrogens is 144 g/mol. The average Bonchev–Trinajstić information content (AvgIpc) is 2.37. The number of aryl methyl sites for hydroxylation is 1. The molecule has 0 aromatic carbocycles. The summed E-state index contributed by atoms with van der Waals surface area (Å²) in [6.07, 6.45) is 2.43. The van der Waals surface area contributed by atoms with Gasteiger partial charge in [-0.1, -0.05) is 0 Å². The molecule has 1 heterocycles. The summed E-state index contributed by atoms with van der Waals surface area (Å²) in [7, 11) is 1.79. The van der Waals surface area contributed by atoms with E-state index in [4.69, 9.17) is 10.5 Å². The van der Waals surface area contributed by atoms with Crippen LogP contribution < -0.4 is 10.5 Å². The maximum absolute atomic E-state index is 5.27. The number of ether oxygens (including phenoxy) is 1. The van der Waals surface area contributed by atoms with Gasteiger partial charge in [0.05, 0.1) is 6.61 Å². The topological polar surface area (TPSA) is 66.0 Å². The maximum atomic E-state index is 5.27. The second-order valence-electron chi connectivity index (χ2n) is 2.19. The van der Waals surface area contributed by atoms with E-state index in [1.165, 1.54) is 0 Å². The SMILES string of the molecule is Cn1cnc(OCCCN)n1. The first-order chi connectivity index (χ1) is 5.33. The van der Waals surface area contributed by atoms with E-state index in [2.05, 4.69) is 10.1 Å². The van der Waals surface area contributed by atoms with Crippen LogP contribution in [0.3, 0.4) is 0 Å². The quantitative estimate of drug-likeness (QED) is 0.599. The van der Waals surface area contributed by atoms with Crippen molar-refractivity contribution in [2.45, 2.75) is 6.42 Å². The Hall–Kier alpha value is -1.10. The smallest absolute Gasteiger partial charge is 0.335 e. The van der Waals surface area contributed by atoms with Crippen molar-refractivity contribution in [2.24, 2.45) is 12.8 Å². The highest BCUT2D eigenvalue weighted by Gasteiger charge is 1.96. The lowest BCUT2D eigenvalue weighted by Gasteiger charge is -1.97. The van der Waals surface area contributed by atoms with Gasteiger partial charge in [-0.2, -0.15) is 4.98 Å². The van der Waals surface area contributed by atoms with Crippen LogP contribution in [0.5, 0.6) is 6.01 Å². The second kappa shape index (κ2) is 3.92. The van der Waals surface area contributed by atoms with E-state index in [9.17, 15) is 0 Å². The molecule has 0 radical (unpaired) electrons. The number of aromatic nitrogens is 3. The number of hydrogen-bond acceptors (Lipinski definition) is 4. The minimum atomic E-state index is 0.418. The number of rotatable bonds is 4. The monoisotopic (exact) mass is 156 g/mol. The highest BCUT2D eigenvalue weighted by molar-refractivity contribution is 4.86. The van der Waals surface area contributed by atoms with E-state index >= 15 is 0 Å². The zero-order valence-electron chi connectivity index (χ0n) is 6.53. The molecular formula is C6H12N4O. The molecule has 0 aliphatic heterocycles. The van der Waals surface area contributed by atoms with Gasteiger partial charge in [0.15, 0.2) is 0 Å². The molecule has 0 spiro atoms. The van der Waals surface area contributed by atoms with Crippen LogP contribution in [0.1, 0.15) is 6.42 Å². The Morgan fingerprint density at radius 2 is 2.55 bits per heavy atom. The molecule has 0 unspecified atom stereocenters. The van der Waals surface area contributed by atoms with Crippen LogP contribution in [0, 0.1) is 0 Å². The molecule has 1 aromatic rings. The predicted molar refractivity (Wildman–Crippen MR) is 40.2 cm³/mol. The first-order valence-electron chi connectivity index (χ1n) is 3.51. The van der Waals surface area contributed by atoms with Crippen molar-refractivity contribution in [3.8, 4) is 6.01 Å². The van der Waals surface area contributed by atoms with Crippen molar-refractivity contribution >= 4 is 0 Å². The highest BCUT2D eigenvalue weighted by Crippen LogP contribution is 1.97. The van der Waals surface area contributed by atoms with Gasteiger partial charge in [0.25, 0.3) is 0 Å². The van der Waals surface area contributed by atoms with Crippen molar-refractivity contribution in [3.63, 3.8) is 0 Å². The molecule has 0 bridgehead atoms. The van der Waals surface area contributed by atoms with Crippen LogP contribution in [0.4, 0.5) is 0 Å². The molecule has 0 saturated carbocycles. The zero-order chi connectivity index (χ0) is 8.10. The third-order valence-corrected chi connectivity index (χ3v) is 1.16. The van der Waals surface area contributed by atoms with Crippen LogP contribution in [0.2, 0.25) is 0 Å². The summed E-state index contributed by atoms with van der Waals surface area (Å²) < 4.78 is 6.74. The Morgan fingerprint density at radius 1 is 1.73 bits per heavy atom. The molecule has 0 aliphatic rings. The van der Waals surface area contributed by atoms with E-state index in [-0.39, 0.29) is 0 Å². The summed E-state index contributed by atoms with van der Waals surface area (Å²) in [6, 6.07) is 0.418. The van der Waals surface area contributed by atoms with Gasteiger partial charge in [0.2, 0.25) is 0 Å². The van der Waals surface area contributed by atoms with E-state index in [0.717, 1.165) is 6.42 Å². The summed E-state index contributed by atoms with van der Waals surface area (Å²) in [5.41, 5.74) is 5.27. The summed E-state index contributed by atoms with van der Waals surface area (Å²) >= 11 is 0. The molecule has 0 saturated heterocycles. The maximum Gasteiger partial charge on any atom is 0.335 e. The third kappa shape index (κ3) is 2.55. The number of nitrogens with zero attached hydrogens (tertiary/aromatic N) is 3. The Morgan fingerprint density at radius 3 is 3.09 bits per heavy atom. The third-order valence-electron chi connectivity index (χ3n) is 1.16. The molecule has 0 aliphatic carbocycles. The first-order valence-corrected chi connectivity index (χ1v) is 3.51. The summed E-state index contributed by atoms with van der Waals surface area (Å²) in [5.74, 6) is 0. The largest absolute Gasteiger partial charge is 0.462 e. The van der Waals surface area contributed by atoms with E-state index in [1.54, 1.807) is 18.1 Å². The van der Waals surface area contributed by atoms with Gasteiger partial charge < -0.3 is 10.5 Å². The molecule has 11 heavy (non-hydrogen) atoms. The van der Waals surface area contributed by atoms with Gasteiger partial charge in [0.1, 0.15) is 6.33 Å². The van der Waals surface area contributed by atoms with Gasteiger partial charge in [-0.3, -0.25) is 4.68 Å². The second-order valence-corrected chi connectivity index (χ2v) is 2.19. The van der Waals surface area contributed by atoms with Crippen molar-refractivity contribution in [1.29, 1.82) is 0 Å². The molecule has 2 N–H and O–H groups in total. The zero-order valence-corrected chi connectivity index (χ0v) is 6.53. The molecule has 0 fully saturated rings. The minimum Gasteiger partial charge on any atom is -0.462 e.